The molecule has 138 valence electrons. The summed E-state index contributed by atoms with van der Waals surface area (Å²) in [7, 11) is 3.23. The number of benzene rings is 1. The van der Waals surface area contributed by atoms with E-state index in [0.717, 1.165) is 0 Å². The molecule has 6 nitrogen and oxygen atoms in total. The number of halogens is 3. The summed E-state index contributed by atoms with van der Waals surface area (Å²) in [4.78, 5) is 25.6. The summed E-state index contributed by atoms with van der Waals surface area (Å²) in [6.45, 7) is 1.63. The van der Waals surface area contributed by atoms with Gasteiger partial charge in [-0.1, -0.05) is 40.9 Å². The van der Waals surface area contributed by atoms with Crippen LogP contribution in [0.25, 0.3) is 6.08 Å². The molecule has 0 bridgehead atoms. The van der Waals surface area contributed by atoms with E-state index >= 15 is 0 Å². The van der Waals surface area contributed by atoms with Gasteiger partial charge in [-0.25, -0.2) is 0 Å². The number of amides is 2. The molecule has 1 N–H and O–H groups in total. The first kappa shape index (κ1) is 20.3. The molecule has 0 aliphatic rings. The van der Waals surface area contributed by atoms with E-state index in [0.29, 0.717) is 32.1 Å². The zero-order valence-electron chi connectivity index (χ0n) is 14.4. The van der Waals surface area contributed by atoms with Crippen LogP contribution >= 0.6 is 34.8 Å². The number of carbonyl (C=O) groups excluding carboxylic acids is 2. The molecule has 2 rings (SSSR count). The second-order valence-corrected chi connectivity index (χ2v) is 6.76. The number of nitrogens with one attached hydrogen (secondary N) is 1. The van der Waals surface area contributed by atoms with E-state index in [4.69, 9.17) is 34.8 Å². The average Bonchev–Trinajstić information content (AvgIpc) is 2.81. The highest BCUT2D eigenvalue weighted by atomic mass is 35.5. The van der Waals surface area contributed by atoms with Gasteiger partial charge >= 0.3 is 0 Å². The summed E-state index contributed by atoms with van der Waals surface area (Å²) in [6, 6.07) is 4.90. The van der Waals surface area contributed by atoms with Crippen LogP contribution in [0.3, 0.4) is 0 Å². The van der Waals surface area contributed by atoms with Crippen LogP contribution in [-0.2, 0) is 16.6 Å². The van der Waals surface area contributed by atoms with Crippen molar-refractivity contribution in [1.82, 2.24) is 14.7 Å². The summed E-state index contributed by atoms with van der Waals surface area (Å²) in [5.74, 6) is -0.774. The number of carbonyl (C=O) groups is 2. The third-order valence-electron chi connectivity index (χ3n) is 3.57. The smallest absolute Gasteiger partial charge is 0.246 e. The number of rotatable bonds is 5. The third kappa shape index (κ3) is 4.78. The number of aromatic nitrogens is 2. The lowest BCUT2D eigenvalue weighted by Gasteiger charge is -2.15. The highest BCUT2D eigenvalue weighted by molar-refractivity contribution is 6.39. The molecule has 26 heavy (non-hydrogen) atoms. The molecule has 1 heterocycles. The van der Waals surface area contributed by atoms with E-state index in [-0.39, 0.29) is 12.5 Å². The van der Waals surface area contributed by atoms with Gasteiger partial charge in [-0.2, -0.15) is 5.10 Å². The summed E-state index contributed by atoms with van der Waals surface area (Å²) in [5.41, 5.74) is 1.67. The molecule has 0 unspecified atom stereocenters. The summed E-state index contributed by atoms with van der Waals surface area (Å²) in [5, 5.41) is 7.84. The first-order valence-electron chi connectivity index (χ1n) is 7.56. The second kappa shape index (κ2) is 8.58. The predicted molar refractivity (Wildman–Crippen MR) is 105 cm³/mol. The van der Waals surface area contributed by atoms with Crippen LogP contribution in [0.2, 0.25) is 15.2 Å². The number of hydrogen-bond donors (Lipinski definition) is 1. The Morgan fingerprint density at radius 1 is 1.27 bits per heavy atom. The number of likely N-dealkylation sites (N-methyl/N-ethyl adjacent to an activating group) is 1. The first-order chi connectivity index (χ1) is 12.2. The first-order valence-corrected chi connectivity index (χ1v) is 8.70. The van der Waals surface area contributed by atoms with Gasteiger partial charge in [-0.15, -0.1) is 0 Å². The van der Waals surface area contributed by atoms with Gasteiger partial charge in [0.05, 0.1) is 28.0 Å². The molecular formula is C17H17Cl3N4O2. The van der Waals surface area contributed by atoms with Crippen molar-refractivity contribution in [3.8, 4) is 0 Å². The molecule has 0 saturated carbocycles. The van der Waals surface area contributed by atoms with Crippen molar-refractivity contribution in [2.75, 3.05) is 18.9 Å². The van der Waals surface area contributed by atoms with E-state index in [1.807, 2.05) is 0 Å². The second-order valence-electron chi connectivity index (χ2n) is 5.59. The zero-order chi connectivity index (χ0) is 19.4. The topological polar surface area (TPSA) is 67.2 Å². The van der Waals surface area contributed by atoms with Crippen LogP contribution in [-0.4, -0.2) is 40.1 Å². The Balaban J connectivity index is 2.00. The quantitative estimate of drug-likeness (QED) is 0.755. The average molecular weight is 416 g/mol. The Kier molecular flexibility index (Phi) is 6.69. The van der Waals surface area contributed by atoms with Crippen molar-refractivity contribution in [2.45, 2.75) is 6.92 Å². The van der Waals surface area contributed by atoms with Crippen molar-refractivity contribution < 1.29 is 9.59 Å². The van der Waals surface area contributed by atoms with Gasteiger partial charge in [0.15, 0.2) is 0 Å². The van der Waals surface area contributed by atoms with E-state index in [9.17, 15) is 9.59 Å². The molecule has 9 heteroatoms. The highest BCUT2D eigenvalue weighted by Crippen LogP contribution is 2.29. The largest absolute Gasteiger partial charge is 0.333 e. The van der Waals surface area contributed by atoms with Gasteiger partial charge in [0.2, 0.25) is 11.8 Å². The number of aryl methyl sites for hydroxylation is 2. The van der Waals surface area contributed by atoms with E-state index in [1.165, 1.54) is 22.7 Å². The number of hydrogen-bond acceptors (Lipinski definition) is 3. The molecular weight excluding hydrogens is 399 g/mol. The minimum Gasteiger partial charge on any atom is -0.333 e. The molecule has 0 saturated heterocycles. The number of anilines is 1. The molecule has 1 aromatic carbocycles. The van der Waals surface area contributed by atoms with Crippen molar-refractivity contribution in [3.05, 3.63) is 50.7 Å². The van der Waals surface area contributed by atoms with Crippen molar-refractivity contribution >= 4 is 58.4 Å². The van der Waals surface area contributed by atoms with Gasteiger partial charge in [0, 0.05) is 25.7 Å². The van der Waals surface area contributed by atoms with Crippen LogP contribution in [0.1, 0.15) is 11.3 Å². The molecule has 2 aromatic rings. The lowest BCUT2D eigenvalue weighted by atomic mass is 10.2. The molecule has 0 radical (unpaired) electrons. The van der Waals surface area contributed by atoms with Crippen molar-refractivity contribution in [3.63, 3.8) is 0 Å². The Bertz CT molecular complexity index is 857. The summed E-state index contributed by atoms with van der Waals surface area (Å²) >= 11 is 18.1. The van der Waals surface area contributed by atoms with Crippen LogP contribution in [0.15, 0.2) is 24.3 Å². The minimum atomic E-state index is -0.417. The molecule has 0 spiro atoms. The summed E-state index contributed by atoms with van der Waals surface area (Å²) in [6.07, 6.45) is 2.91. The third-order valence-corrected chi connectivity index (χ3v) is 4.65. The van der Waals surface area contributed by atoms with Crippen LogP contribution in [0.5, 0.6) is 0 Å². The molecule has 0 fully saturated rings. The van der Waals surface area contributed by atoms with Crippen LogP contribution in [0.4, 0.5) is 5.69 Å². The fourth-order valence-corrected chi connectivity index (χ4v) is 2.94. The maximum Gasteiger partial charge on any atom is 0.246 e. The maximum absolute atomic E-state index is 12.2. The minimum absolute atomic E-state index is 0.162. The molecule has 0 aliphatic carbocycles. The lowest BCUT2D eigenvalue weighted by molar-refractivity contribution is -0.129. The molecule has 0 aliphatic heterocycles. The maximum atomic E-state index is 12.2. The Morgan fingerprint density at radius 2 is 1.88 bits per heavy atom. The Labute approximate surface area is 166 Å². The van der Waals surface area contributed by atoms with E-state index in [2.05, 4.69) is 10.4 Å². The Morgan fingerprint density at radius 3 is 2.42 bits per heavy atom. The standard InChI is InChI=1S/C17H17Cl3N4O2/c1-10-11(17(20)24(3)22-10)7-8-15(26)23(2)9-14(25)21-16-12(18)5-4-6-13(16)19/h4-8H,9H2,1-3H3,(H,21,25)/b8-7+. The van der Waals surface area contributed by atoms with E-state index in [1.54, 1.807) is 38.2 Å². The molecule has 2 amide bonds. The number of nitrogens with zero attached hydrogens (tertiary/aromatic N) is 3. The van der Waals surface area contributed by atoms with Gasteiger partial charge in [-0.3, -0.25) is 14.3 Å². The van der Waals surface area contributed by atoms with Gasteiger partial charge in [0.1, 0.15) is 5.15 Å². The van der Waals surface area contributed by atoms with E-state index < -0.39 is 5.91 Å². The normalized spacial score (nSPS) is 11.0. The SMILES string of the molecule is Cc1nn(C)c(Cl)c1/C=C/C(=O)N(C)CC(=O)Nc1c(Cl)cccc1Cl. The highest BCUT2D eigenvalue weighted by Gasteiger charge is 2.14. The van der Waals surface area contributed by atoms with Gasteiger partial charge in [-0.05, 0) is 25.1 Å². The molecule has 1 aromatic heterocycles. The van der Waals surface area contributed by atoms with Crippen LogP contribution in [0, 0.1) is 6.92 Å². The zero-order valence-corrected chi connectivity index (χ0v) is 16.7. The Hall–Kier alpha value is -2.02. The van der Waals surface area contributed by atoms with Crippen molar-refractivity contribution in [2.24, 2.45) is 7.05 Å². The summed E-state index contributed by atoms with van der Waals surface area (Å²) < 4.78 is 1.52. The van der Waals surface area contributed by atoms with Crippen molar-refractivity contribution in [1.29, 1.82) is 0 Å². The van der Waals surface area contributed by atoms with Crippen LogP contribution < -0.4 is 5.32 Å². The monoisotopic (exact) mass is 414 g/mol. The fraction of sp³-hybridized carbons (Fsp3) is 0.235. The lowest BCUT2D eigenvalue weighted by Crippen LogP contribution is -2.34. The number of para-hydroxylation sites is 1. The molecule has 0 atom stereocenters. The predicted octanol–water partition coefficient (Wildman–Crippen LogP) is 3.80. The fourth-order valence-electron chi connectivity index (χ4n) is 2.21. The van der Waals surface area contributed by atoms with Gasteiger partial charge in [0.25, 0.3) is 0 Å². The van der Waals surface area contributed by atoms with Gasteiger partial charge < -0.3 is 10.2 Å².